The predicted molar refractivity (Wildman–Crippen MR) is 70.7 cm³/mol. The summed E-state index contributed by atoms with van der Waals surface area (Å²) < 4.78 is 0. The second kappa shape index (κ2) is 6.30. The van der Waals surface area contributed by atoms with Gasteiger partial charge in [-0.25, -0.2) is 0 Å². The summed E-state index contributed by atoms with van der Waals surface area (Å²) in [6.07, 6.45) is 5.33. The molecule has 0 atom stereocenters. The normalized spacial score (nSPS) is 9.68. The fourth-order valence-corrected chi connectivity index (χ4v) is 1.84. The molecule has 0 bridgehead atoms. The van der Waals surface area contributed by atoms with E-state index in [1.807, 2.05) is 48.5 Å². The number of aromatic nitrogens is 3. The largest absolute Gasteiger partial charge is 0.256 e. The SMILES string of the molecule is [Rh].c1ccc(-c2cccnc2-c2ccccn2)nc1. The zero-order valence-corrected chi connectivity index (χ0v) is 11.7. The van der Waals surface area contributed by atoms with Gasteiger partial charge in [0, 0.05) is 43.6 Å². The minimum absolute atomic E-state index is 0. The van der Waals surface area contributed by atoms with Crippen molar-refractivity contribution < 1.29 is 19.5 Å². The van der Waals surface area contributed by atoms with Crippen LogP contribution in [0.3, 0.4) is 0 Å². The molecular formula is C15H11N3Rh. The second-order valence-corrected chi connectivity index (χ2v) is 3.83. The van der Waals surface area contributed by atoms with Crippen molar-refractivity contribution >= 4 is 0 Å². The Morgan fingerprint density at radius 2 is 1.21 bits per heavy atom. The van der Waals surface area contributed by atoms with E-state index in [2.05, 4.69) is 15.0 Å². The van der Waals surface area contributed by atoms with E-state index in [-0.39, 0.29) is 19.5 Å². The van der Waals surface area contributed by atoms with Crippen molar-refractivity contribution in [2.45, 2.75) is 0 Å². The minimum Gasteiger partial charge on any atom is -0.256 e. The maximum atomic E-state index is 4.42. The van der Waals surface area contributed by atoms with Crippen LogP contribution >= 0.6 is 0 Å². The molecule has 95 valence electrons. The summed E-state index contributed by atoms with van der Waals surface area (Å²) in [7, 11) is 0. The zero-order chi connectivity index (χ0) is 12.2. The van der Waals surface area contributed by atoms with E-state index in [1.54, 1.807) is 18.6 Å². The summed E-state index contributed by atoms with van der Waals surface area (Å²) in [5, 5.41) is 0. The standard InChI is InChI=1S/C15H11N3.Rh/c1-3-9-16-13(7-1)12-6-5-11-18-15(12)14-8-2-4-10-17-14;/h1-11H;. The third kappa shape index (κ3) is 2.91. The molecule has 0 saturated carbocycles. The molecule has 19 heavy (non-hydrogen) atoms. The van der Waals surface area contributed by atoms with Crippen LogP contribution in [0.15, 0.2) is 67.1 Å². The topological polar surface area (TPSA) is 38.7 Å². The zero-order valence-electron chi connectivity index (χ0n) is 10.0. The number of hydrogen-bond donors (Lipinski definition) is 0. The number of hydrogen-bond acceptors (Lipinski definition) is 3. The number of nitrogens with zero attached hydrogens (tertiary/aromatic N) is 3. The summed E-state index contributed by atoms with van der Waals surface area (Å²) in [5.41, 5.74) is 3.62. The van der Waals surface area contributed by atoms with E-state index in [4.69, 9.17) is 0 Å². The van der Waals surface area contributed by atoms with Crippen LogP contribution in [0.1, 0.15) is 0 Å². The Hall–Kier alpha value is -1.93. The van der Waals surface area contributed by atoms with Gasteiger partial charge in [-0.15, -0.1) is 0 Å². The van der Waals surface area contributed by atoms with E-state index in [9.17, 15) is 0 Å². The molecule has 3 nitrogen and oxygen atoms in total. The first kappa shape index (κ1) is 13.5. The van der Waals surface area contributed by atoms with Gasteiger partial charge < -0.3 is 0 Å². The Labute approximate surface area is 124 Å². The Kier molecular flexibility index (Phi) is 4.48. The fraction of sp³-hybridized carbons (Fsp3) is 0. The molecule has 0 aliphatic heterocycles. The molecule has 3 rings (SSSR count). The van der Waals surface area contributed by atoms with Crippen molar-refractivity contribution in [3.8, 4) is 22.6 Å². The molecule has 0 aliphatic rings. The molecule has 0 aliphatic carbocycles. The van der Waals surface area contributed by atoms with Crippen molar-refractivity contribution in [1.82, 2.24) is 15.0 Å². The molecule has 3 aromatic heterocycles. The number of pyridine rings is 3. The van der Waals surface area contributed by atoms with Gasteiger partial charge in [-0.3, -0.25) is 15.0 Å². The second-order valence-electron chi connectivity index (χ2n) is 3.83. The van der Waals surface area contributed by atoms with E-state index >= 15 is 0 Å². The summed E-state index contributed by atoms with van der Waals surface area (Å²) in [4.78, 5) is 13.1. The Morgan fingerprint density at radius 1 is 0.579 bits per heavy atom. The summed E-state index contributed by atoms with van der Waals surface area (Å²) in [5.74, 6) is 0. The number of rotatable bonds is 2. The average Bonchev–Trinajstić information content (AvgIpc) is 2.49. The molecule has 1 radical (unpaired) electrons. The Bertz CT molecular complexity index is 583. The molecule has 0 amide bonds. The Morgan fingerprint density at radius 3 is 1.84 bits per heavy atom. The molecule has 0 fully saturated rings. The maximum Gasteiger partial charge on any atom is 0.0980 e. The van der Waals surface area contributed by atoms with Crippen LogP contribution in [0.5, 0.6) is 0 Å². The van der Waals surface area contributed by atoms with Gasteiger partial charge >= 0.3 is 0 Å². The van der Waals surface area contributed by atoms with Crippen LogP contribution in [-0.2, 0) is 19.5 Å². The van der Waals surface area contributed by atoms with Crippen LogP contribution in [0.2, 0.25) is 0 Å². The van der Waals surface area contributed by atoms with Crippen molar-refractivity contribution in [2.75, 3.05) is 0 Å². The maximum absolute atomic E-state index is 4.42. The Balaban J connectivity index is 0.00000133. The van der Waals surface area contributed by atoms with Crippen LogP contribution < -0.4 is 0 Å². The third-order valence-electron chi connectivity index (χ3n) is 2.66. The molecule has 0 N–H and O–H groups in total. The van der Waals surface area contributed by atoms with Gasteiger partial charge in [-0.1, -0.05) is 12.1 Å². The molecule has 0 unspecified atom stereocenters. The summed E-state index contributed by atoms with van der Waals surface area (Å²) in [6, 6.07) is 15.6. The first-order valence-corrected chi connectivity index (χ1v) is 5.73. The predicted octanol–water partition coefficient (Wildman–Crippen LogP) is 3.20. The van der Waals surface area contributed by atoms with Gasteiger partial charge in [0.05, 0.1) is 17.1 Å². The van der Waals surface area contributed by atoms with Crippen molar-refractivity contribution in [2.24, 2.45) is 0 Å². The monoisotopic (exact) mass is 336 g/mol. The average molecular weight is 336 g/mol. The molecule has 0 aromatic carbocycles. The van der Waals surface area contributed by atoms with Gasteiger partial charge in [0.25, 0.3) is 0 Å². The summed E-state index contributed by atoms with van der Waals surface area (Å²) >= 11 is 0. The van der Waals surface area contributed by atoms with E-state index in [0.717, 1.165) is 22.6 Å². The van der Waals surface area contributed by atoms with Gasteiger partial charge in [0.1, 0.15) is 0 Å². The van der Waals surface area contributed by atoms with E-state index in [1.165, 1.54) is 0 Å². The third-order valence-corrected chi connectivity index (χ3v) is 2.66. The van der Waals surface area contributed by atoms with E-state index < -0.39 is 0 Å². The van der Waals surface area contributed by atoms with Gasteiger partial charge in [-0.05, 0) is 36.4 Å². The first-order chi connectivity index (χ1) is 8.95. The molecular weight excluding hydrogens is 325 g/mol. The first-order valence-electron chi connectivity index (χ1n) is 5.73. The van der Waals surface area contributed by atoms with Gasteiger partial charge in [0.2, 0.25) is 0 Å². The minimum atomic E-state index is 0. The van der Waals surface area contributed by atoms with Gasteiger partial charge in [0.15, 0.2) is 0 Å². The van der Waals surface area contributed by atoms with Crippen molar-refractivity contribution in [1.29, 1.82) is 0 Å². The molecule has 0 spiro atoms. The van der Waals surface area contributed by atoms with Crippen molar-refractivity contribution in [3.05, 3.63) is 67.1 Å². The van der Waals surface area contributed by atoms with Crippen molar-refractivity contribution in [3.63, 3.8) is 0 Å². The van der Waals surface area contributed by atoms with Crippen LogP contribution in [0.4, 0.5) is 0 Å². The molecule has 0 saturated heterocycles. The van der Waals surface area contributed by atoms with Crippen LogP contribution in [-0.4, -0.2) is 15.0 Å². The smallest absolute Gasteiger partial charge is 0.0980 e. The fourth-order valence-electron chi connectivity index (χ4n) is 1.84. The van der Waals surface area contributed by atoms with Crippen LogP contribution in [0.25, 0.3) is 22.6 Å². The van der Waals surface area contributed by atoms with E-state index in [0.29, 0.717) is 0 Å². The molecule has 4 heteroatoms. The molecule has 3 aromatic rings. The molecule has 3 heterocycles. The van der Waals surface area contributed by atoms with Gasteiger partial charge in [-0.2, -0.15) is 0 Å². The quantitative estimate of drug-likeness (QED) is 0.675. The van der Waals surface area contributed by atoms with Crippen LogP contribution in [0, 0.1) is 0 Å². The summed E-state index contributed by atoms with van der Waals surface area (Å²) in [6.45, 7) is 0.